The molecule has 2 fully saturated rings. The maximum Gasteiger partial charge on any atom is -0.00213 e. The number of likely N-dealkylation sites (tertiary alicyclic amines) is 2. The summed E-state index contributed by atoms with van der Waals surface area (Å²) in [6.07, 6.45) is 7.10. The summed E-state index contributed by atoms with van der Waals surface area (Å²) < 4.78 is 0. The van der Waals surface area contributed by atoms with Crippen molar-refractivity contribution in [3.05, 3.63) is 0 Å². The minimum Gasteiger partial charge on any atom is -0.306 e. The van der Waals surface area contributed by atoms with E-state index in [-0.39, 0.29) is 14.9 Å². The molecule has 0 bridgehead atoms. The molecule has 0 aromatic rings. The predicted octanol–water partition coefficient (Wildman–Crippen LogP) is 7.19. The molecule has 2 rings (SSSR count). The molecule has 0 aromatic heterocycles. The van der Waals surface area contributed by atoms with Gasteiger partial charge in [-0.3, -0.25) is 0 Å². The van der Waals surface area contributed by atoms with Crippen LogP contribution in [-0.2, 0) is 0 Å². The molecule has 2 nitrogen and oxygen atoms in total. The van der Waals surface area contributed by atoms with Crippen LogP contribution in [0.25, 0.3) is 0 Å². The number of nitrogens with zero attached hydrogens (tertiary/aromatic N) is 2. The minimum absolute atomic E-state index is 0. The molecule has 0 radical (unpaired) electrons. The van der Waals surface area contributed by atoms with Gasteiger partial charge in [-0.05, 0) is 66.0 Å². The van der Waals surface area contributed by atoms with Crippen molar-refractivity contribution in [3.63, 3.8) is 0 Å². The Balaban J connectivity index is -0.0000000417. The summed E-state index contributed by atoms with van der Waals surface area (Å²) in [6.45, 7) is 21.3. The number of rotatable bonds is 0. The second-order valence-electron chi connectivity index (χ2n) is 4.37. The standard InChI is InChI=1S/C6H13N.C5H11N.4C2H6.2CH4/c1-7-5-3-2-4-6-7;1-6-4-2-3-5-6;4*1-2;;/h2-6H2,1H3;2-5H2,1H3;4*1-2H3;2*1H4. The van der Waals surface area contributed by atoms with Crippen LogP contribution in [-0.4, -0.2) is 50.1 Å². The molecule has 2 aliphatic rings. The van der Waals surface area contributed by atoms with Gasteiger partial charge < -0.3 is 9.80 Å². The molecule has 23 heavy (non-hydrogen) atoms. The molecule has 0 unspecified atom stereocenters. The van der Waals surface area contributed by atoms with Crippen LogP contribution in [0.15, 0.2) is 0 Å². The minimum atomic E-state index is 0. The summed E-state index contributed by atoms with van der Waals surface area (Å²) in [5.41, 5.74) is 0. The molecule has 0 aliphatic carbocycles. The first-order chi connectivity index (χ1) is 10.3. The molecule has 2 aliphatic heterocycles. The van der Waals surface area contributed by atoms with E-state index in [1.165, 1.54) is 58.3 Å². The summed E-state index contributed by atoms with van der Waals surface area (Å²) in [5, 5.41) is 0. The van der Waals surface area contributed by atoms with Gasteiger partial charge in [-0.1, -0.05) is 76.7 Å². The van der Waals surface area contributed by atoms with Crippen LogP contribution < -0.4 is 0 Å². The lowest BCUT2D eigenvalue weighted by atomic mass is 10.1. The summed E-state index contributed by atoms with van der Waals surface area (Å²) >= 11 is 0. The Morgan fingerprint density at radius 2 is 0.565 bits per heavy atom. The average molecular weight is 337 g/mol. The second kappa shape index (κ2) is 43.1. The van der Waals surface area contributed by atoms with Crippen LogP contribution in [0.4, 0.5) is 0 Å². The van der Waals surface area contributed by atoms with Crippen molar-refractivity contribution < 1.29 is 0 Å². The van der Waals surface area contributed by atoms with E-state index in [4.69, 9.17) is 0 Å². The van der Waals surface area contributed by atoms with E-state index in [1.54, 1.807) is 0 Å². The van der Waals surface area contributed by atoms with E-state index >= 15 is 0 Å². The lowest BCUT2D eigenvalue weighted by Crippen LogP contribution is -2.24. The molecule has 0 amide bonds. The van der Waals surface area contributed by atoms with Crippen molar-refractivity contribution in [1.29, 1.82) is 0 Å². The first-order valence-electron chi connectivity index (χ1n) is 9.66. The summed E-state index contributed by atoms with van der Waals surface area (Å²) in [6, 6.07) is 0. The topological polar surface area (TPSA) is 6.48 Å². The van der Waals surface area contributed by atoms with E-state index in [2.05, 4.69) is 23.9 Å². The van der Waals surface area contributed by atoms with Crippen molar-refractivity contribution in [1.82, 2.24) is 9.80 Å². The monoisotopic (exact) mass is 336 g/mol. The van der Waals surface area contributed by atoms with Gasteiger partial charge in [-0.2, -0.15) is 0 Å². The van der Waals surface area contributed by atoms with Crippen molar-refractivity contribution in [2.45, 2.75) is 102 Å². The highest BCUT2D eigenvalue weighted by Gasteiger charge is 2.03. The molecule has 0 spiro atoms. The molecule has 2 heteroatoms. The first kappa shape index (κ1) is 38.5. The van der Waals surface area contributed by atoms with Gasteiger partial charge in [0.1, 0.15) is 0 Å². The van der Waals surface area contributed by atoms with Gasteiger partial charge in [-0.15, -0.1) is 0 Å². The number of hydrogen-bond acceptors (Lipinski definition) is 2. The van der Waals surface area contributed by atoms with Crippen LogP contribution in [0.3, 0.4) is 0 Å². The molecule has 0 atom stereocenters. The Morgan fingerprint density at radius 1 is 0.391 bits per heavy atom. The lowest BCUT2D eigenvalue weighted by molar-refractivity contribution is 0.277. The van der Waals surface area contributed by atoms with Crippen molar-refractivity contribution in [2.75, 3.05) is 40.3 Å². The van der Waals surface area contributed by atoms with Crippen LogP contribution in [0, 0.1) is 0 Å². The molecule has 150 valence electrons. The Morgan fingerprint density at radius 3 is 0.652 bits per heavy atom. The van der Waals surface area contributed by atoms with Crippen LogP contribution in [0.2, 0.25) is 0 Å². The lowest BCUT2D eigenvalue weighted by Gasteiger charge is -2.20. The number of hydrogen-bond donors (Lipinski definition) is 0. The Labute approximate surface area is 153 Å². The fourth-order valence-corrected chi connectivity index (χ4v) is 1.93. The van der Waals surface area contributed by atoms with Crippen molar-refractivity contribution >= 4 is 0 Å². The Bertz CT molecular complexity index is 115. The van der Waals surface area contributed by atoms with E-state index < -0.39 is 0 Å². The van der Waals surface area contributed by atoms with Crippen molar-refractivity contribution in [2.24, 2.45) is 0 Å². The molecule has 0 saturated carbocycles. The van der Waals surface area contributed by atoms with Gasteiger partial charge in [-0.25, -0.2) is 0 Å². The third-order valence-electron chi connectivity index (χ3n) is 2.91. The smallest absolute Gasteiger partial charge is 0.00213 e. The van der Waals surface area contributed by atoms with Crippen LogP contribution >= 0.6 is 0 Å². The highest BCUT2D eigenvalue weighted by Crippen LogP contribution is 2.04. The maximum atomic E-state index is 2.39. The Kier molecular flexibility index (Phi) is 72.1. The SMILES string of the molecule is C.C.CC.CC.CC.CC.CN1CCCC1.CN1CCCCC1. The predicted molar refractivity (Wildman–Crippen MR) is 117 cm³/mol. The van der Waals surface area contributed by atoms with E-state index in [0.29, 0.717) is 0 Å². The molecular formula is C21H56N2. The quantitative estimate of drug-likeness (QED) is 0.462. The number of piperidine rings is 1. The summed E-state index contributed by atoms with van der Waals surface area (Å²) in [5.74, 6) is 0. The Hall–Kier alpha value is -0.0800. The highest BCUT2D eigenvalue weighted by molar-refractivity contribution is 4.59. The van der Waals surface area contributed by atoms with Crippen LogP contribution in [0.5, 0.6) is 0 Å². The van der Waals surface area contributed by atoms with Crippen LogP contribution in [0.1, 0.15) is 102 Å². The van der Waals surface area contributed by atoms with Gasteiger partial charge in [0, 0.05) is 0 Å². The normalized spacial score (nSPS) is 15.4. The first-order valence-corrected chi connectivity index (χ1v) is 9.66. The van der Waals surface area contributed by atoms with E-state index in [0.717, 1.165) is 0 Å². The maximum absolute atomic E-state index is 2.39. The van der Waals surface area contributed by atoms with E-state index in [9.17, 15) is 0 Å². The largest absolute Gasteiger partial charge is 0.306 e. The van der Waals surface area contributed by atoms with Gasteiger partial charge in [0.2, 0.25) is 0 Å². The fourth-order valence-electron chi connectivity index (χ4n) is 1.93. The zero-order valence-electron chi connectivity index (χ0n) is 17.3. The van der Waals surface area contributed by atoms with Gasteiger partial charge in [0.15, 0.2) is 0 Å². The molecule has 0 N–H and O–H groups in total. The summed E-state index contributed by atoms with van der Waals surface area (Å²) in [4.78, 5) is 4.75. The van der Waals surface area contributed by atoms with Gasteiger partial charge in [0.25, 0.3) is 0 Å². The third kappa shape index (κ3) is 39.1. The fraction of sp³-hybridized carbons (Fsp3) is 1.00. The highest BCUT2D eigenvalue weighted by atomic mass is 15.1. The zero-order chi connectivity index (χ0) is 17.5. The molecule has 2 saturated heterocycles. The third-order valence-corrected chi connectivity index (χ3v) is 2.91. The molecular weight excluding hydrogens is 280 g/mol. The average Bonchev–Trinajstić information content (AvgIpc) is 3.07. The van der Waals surface area contributed by atoms with Crippen molar-refractivity contribution in [3.8, 4) is 0 Å². The van der Waals surface area contributed by atoms with Gasteiger partial charge in [0.05, 0.1) is 0 Å². The molecule has 0 aromatic carbocycles. The van der Waals surface area contributed by atoms with E-state index in [1.807, 2.05) is 55.4 Å². The zero-order valence-corrected chi connectivity index (χ0v) is 17.3. The second-order valence-corrected chi connectivity index (χ2v) is 4.37. The summed E-state index contributed by atoms with van der Waals surface area (Å²) in [7, 11) is 4.37. The molecule has 2 heterocycles. The van der Waals surface area contributed by atoms with Gasteiger partial charge >= 0.3 is 0 Å².